The molecule has 1 aromatic carbocycles. The zero-order chi connectivity index (χ0) is 7.84. The van der Waals surface area contributed by atoms with Crippen molar-refractivity contribution in [1.29, 1.82) is 0 Å². The standard InChI is InChI=1S/C8H5BrO2/c9-6-3-5-1-2-11-8(5)7(10)4-6/h1-4,10H. The van der Waals surface area contributed by atoms with Crippen molar-refractivity contribution in [2.75, 3.05) is 0 Å². The Morgan fingerprint density at radius 3 is 3.00 bits per heavy atom. The Balaban J connectivity index is 2.91. The molecule has 2 nitrogen and oxygen atoms in total. The largest absolute Gasteiger partial charge is 0.504 e. The Bertz CT molecular complexity index is 392. The number of phenols is 1. The van der Waals surface area contributed by atoms with Gasteiger partial charge in [-0.25, -0.2) is 0 Å². The lowest BCUT2D eigenvalue weighted by Gasteiger charge is -1.93. The van der Waals surface area contributed by atoms with Gasteiger partial charge in [0.2, 0.25) is 0 Å². The Kier molecular flexibility index (Phi) is 1.39. The molecule has 0 amide bonds. The van der Waals surface area contributed by atoms with Gasteiger partial charge in [-0.05, 0) is 18.2 Å². The van der Waals surface area contributed by atoms with E-state index >= 15 is 0 Å². The number of hydrogen-bond donors (Lipinski definition) is 1. The van der Waals surface area contributed by atoms with Crippen LogP contribution in [0.25, 0.3) is 11.0 Å². The summed E-state index contributed by atoms with van der Waals surface area (Å²) in [5.41, 5.74) is 0.535. The van der Waals surface area contributed by atoms with Crippen LogP contribution in [-0.2, 0) is 0 Å². The number of aromatic hydroxyl groups is 1. The first kappa shape index (κ1) is 6.73. The molecule has 2 rings (SSSR count). The van der Waals surface area contributed by atoms with Crippen LogP contribution < -0.4 is 0 Å². The Morgan fingerprint density at radius 2 is 2.18 bits per heavy atom. The SMILES string of the molecule is Oc1cc(Br)cc2ccoc12. The summed E-state index contributed by atoms with van der Waals surface area (Å²) in [5.74, 6) is 0.166. The Hall–Kier alpha value is -0.960. The van der Waals surface area contributed by atoms with Crippen LogP contribution in [0.5, 0.6) is 5.75 Å². The highest BCUT2D eigenvalue weighted by atomic mass is 79.9. The van der Waals surface area contributed by atoms with E-state index in [0.717, 1.165) is 9.86 Å². The van der Waals surface area contributed by atoms with Crippen LogP contribution in [0, 0.1) is 0 Å². The fourth-order valence-corrected chi connectivity index (χ4v) is 1.49. The van der Waals surface area contributed by atoms with Crippen molar-refractivity contribution in [1.82, 2.24) is 0 Å². The van der Waals surface area contributed by atoms with Crippen LogP contribution in [0.2, 0.25) is 0 Å². The summed E-state index contributed by atoms with van der Waals surface area (Å²) in [4.78, 5) is 0. The van der Waals surface area contributed by atoms with Crippen molar-refractivity contribution in [2.24, 2.45) is 0 Å². The number of rotatable bonds is 0. The zero-order valence-electron chi connectivity index (χ0n) is 5.54. The van der Waals surface area contributed by atoms with Gasteiger partial charge in [0.05, 0.1) is 6.26 Å². The third kappa shape index (κ3) is 1.01. The first-order valence-corrected chi connectivity index (χ1v) is 3.92. The topological polar surface area (TPSA) is 33.4 Å². The minimum atomic E-state index is 0.166. The van der Waals surface area contributed by atoms with Crippen LogP contribution in [0.4, 0.5) is 0 Å². The Labute approximate surface area is 71.6 Å². The minimum Gasteiger partial charge on any atom is -0.504 e. The predicted molar refractivity (Wildman–Crippen MR) is 45.6 cm³/mol. The smallest absolute Gasteiger partial charge is 0.175 e. The summed E-state index contributed by atoms with van der Waals surface area (Å²) >= 11 is 3.27. The molecule has 0 spiro atoms. The summed E-state index contributed by atoms with van der Waals surface area (Å²) < 4.78 is 5.88. The van der Waals surface area contributed by atoms with E-state index in [0.29, 0.717) is 5.58 Å². The molecule has 0 atom stereocenters. The lowest BCUT2D eigenvalue weighted by Crippen LogP contribution is -1.67. The molecule has 0 aliphatic rings. The van der Waals surface area contributed by atoms with Crippen LogP contribution in [0.15, 0.2) is 33.4 Å². The van der Waals surface area contributed by atoms with Crippen LogP contribution >= 0.6 is 15.9 Å². The first-order chi connectivity index (χ1) is 5.27. The zero-order valence-corrected chi connectivity index (χ0v) is 7.13. The number of hydrogen-bond acceptors (Lipinski definition) is 2. The predicted octanol–water partition coefficient (Wildman–Crippen LogP) is 2.90. The summed E-state index contributed by atoms with van der Waals surface area (Å²) in [7, 11) is 0. The highest BCUT2D eigenvalue weighted by molar-refractivity contribution is 9.10. The quantitative estimate of drug-likeness (QED) is 0.729. The van der Waals surface area contributed by atoms with Gasteiger partial charge < -0.3 is 9.52 Å². The number of fused-ring (bicyclic) bond motifs is 1. The first-order valence-electron chi connectivity index (χ1n) is 3.13. The highest BCUT2D eigenvalue weighted by Crippen LogP contribution is 2.29. The third-order valence-electron chi connectivity index (χ3n) is 1.50. The molecule has 0 bridgehead atoms. The van der Waals surface area contributed by atoms with Crippen molar-refractivity contribution in [3.05, 3.63) is 28.9 Å². The normalized spacial score (nSPS) is 10.6. The molecule has 11 heavy (non-hydrogen) atoms. The van der Waals surface area contributed by atoms with Gasteiger partial charge in [0.25, 0.3) is 0 Å². The summed E-state index contributed by atoms with van der Waals surface area (Å²) in [6.07, 6.45) is 1.55. The van der Waals surface area contributed by atoms with Gasteiger partial charge in [-0.15, -0.1) is 0 Å². The molecule has 56 valence electrons. The highest BCUT2D eigenvalue weighted by Gasteiger charge is 2.03. The van der Waals surface area contributed by atoms with Crippen molar-refractivity contribution in [3.8, 4) is 5.75 Å². The van der Waals surface area contributed by atoms with Crippen molar-refractivity contribution < 1.29 is 9.52 Å². The lowest BCUT2D eigenvalue weighted by molar-refractivity contribution is 0.464. The Morgan fingerprint density at radius 1 is 1.36 bits per heavy atom. The molecule has 0 saturated heterocycles. The van der Waals surface area contributed by atoms with E-state index in [-0.39, 0.29) is 5.75 Å². The molecule has 1 heterocycles. The molecule has 3 heteroatoms. The minimum absolute atomic E-state index is 0.166. The van der Waals surface area contributed by atoms with Gasteiger partial charge in [-0.2, -0.15) is 0 Å². The molecule has 0 unspecified atom stereocenters. The van der Waals surface area contributed by atoms with Crippen molar-refractivity contribution in [3.63, 3.8) is 0 Å². The van der Waals surface area contributed by atoms with Crippen molar-refractivity contribution in [2.45, 2.75) is 0 Å². The van der Waals surface area contributed by atoms with Gasteiger partial charge in [0, 0.05) is 9.86 Å². The van der Waals surface area contributed by atoms with Gasteiger partial charge >= 0.3 is 0 Å². The molecule has 0 aliphatic heterocycles. The van der Waals surface area contributed by atoms with E-state index < -0.39 is 0 Å². The molecule has 1 aromatic heterocycles. The van der Waals surface area contributed by atoms with Crippen LogP contribution in [0.3, 0.4) is 0 Å². The van der Waals surface area contributed by atoms with Gasteiger partial charge in [-0.3, -0.25) is 0 Å². The summed E-state index contributed by atoms with van der Waals surface area (Å²) in [6, 6.07) is 5.30. The van der Waals surface area contributed by atoms with Gasteiger partial charge in [0.1, 0.15) is 0 Å². The second kappa shape index (κ2) is 2.27. The lowest BCUT2D eigenvalue weighted by atomic mass is 10.2. The van der Waals surface area contributed by atoms with E-state index in [1.165, 1.54) is 0 Å². The van der Waals surface area contributed by atoms with Gasteiger partial charge in [0.15, 0.2) is 11.3 Å². The second-order valence-corrected chi connectivity index (χ2v) is 3.18. The van der Waals surface area contributed by atoms with E-state index in [1.54, 1.807) is 18.4 Å². The summed E-state index contributed by atoms with van der Waals surface area (Å²) in [5, 5.41) is 10.2. The van der Waals surface area contributed by atoms with Crippen LogP contribution in [0.1, 0.15) is 0 Å². The number of phenolic OH excluding ortho intramolecular Hbond substituents is 1. The third-order valence-corrected chi connectivity index (χ3v) is 1.95. The number of benzene rings is 1. The summed E-state index contributed by atoms with van der Waals surface area (Å²) in [6.45, 7) is 0. The number of furan rings is 1. The molecule has 0 fully saturated rings. The monoisotopic (exact) mass is 212 g/mol. The molecule has 0 aliphatic carbocycles. The van der Waals surface area contributed by atoms with E-state index in [2.05, 4.69) is 15.9 Å². The fourth-order valence-electron chi connectivity index (χ4n) is 1.03. The van der Waals surface area contributed by atoms with E-state index in [9.17, 15) is 5.11 Å². The molecular weight excluding hydrogens is 208 g/mol. The average Bonchev–Trinajstić information content (AvgIpc) is 2.34. The van der Waals surface area contributed by atoms with Crippen molar-refractivity contribution >= 4 is 26.9 Å². The molecule has 2 aromatic rings. The maximum absolute atomic E-state index is 9.32. The maximum atomic E-state index is 9.32. The second-order valence-electron chi connectivity index (χ2n) is 2.26. The average molecular weight is 213 g/mol. The number of halogens is 1. The molecular formula is C8H5BrO2. The maximum Gasteiger partial charge on any atom is 0.175 e. The molecule has 1 N–H and O–H groups in total. The van der Waals surface area contributed by atoms with Gasteiger partial charge in [-0.1, -0.05) is 15.9 Å². The van der Waals surface area contributed by atoms with E-state index in [1.807, 2.05) is 6.07 Å². The fraction of sp³-hybridized carbons (Fsp3) is 0. The molecule has 0 radical (unpaired) electrons. The van der Waals surface area contributed by atoms with E-state index in [4.69, 9.17) is 4.42 Å². The molecule has 0 saturated carbocycles. The van der Waals surface area contributed by atoms with Crippen LogP contribution in [-0.4, -0.2) is 5.11 Å².